The Hall–Kier alpha value is -1.08. The lowest BCUT2D eigenvalue weighted by Crippen LogP contribution is -2.39. The average molecular weight is 363 g/mol. The molecule has 1 unspecified atom stereocenters. The molecule has 20 heavy (non-hydrogen) atoms. The first-order valence-electron chi connectivity index (χ1n) is 6.23. The van der Waals surface area contributed by atoms with Crippen LogP contribution in [0.15, 0.2) is 27.6 Å². The molecule has 1 aromatic rings. The van der Waals surface area contributed by atoms with E-state index < -0.39 is 21.0 Å². The van der Waals surface area contributed by atoms with Crippen molar-refractivity contribution in [3.05, 3.63) is 22.7 Å². The Morgan fingerprint density at radius 3 is 2.50 bits per heavy atom. The van der Waals surface area contributed by atoms with E-state index in [0.717, 1.165) is 0 Å². The molecule has 0 saturated heterocycles. The number of nitrogens with two attached hydrogens (primary N) is 1. The zero-order valence-corrected chi connectivity index (χ0v) is 14.1. The quantitative estimate of drug-likeness (QED) is 0.783. The lowest BCUT2D eigenvalue weighted by Gasteiger charge is -2.16. The molecule has 7 heteroatoms. The third-order valence-electron chi connectivity index (χ3n) is 2.80. The Morgan fingerprint density at radius 1 is 1.35 bits per heavy atom. The second-order valence-electron chi connectivity index (χ2n) is 5.01. The van der Waals surface area contributed by atoms with Crippen molar-refractivity contribution in [2.75, 3.05) is 12.3 Å². The maximum Gasteiger partial charge on any atom is 0.238 e. The van der Waals surface area contributed by atoms with Gasteiger partial charge in [-0.1, -0.05) is 29.8 Å². The average Bonchev–Trinajstić information content (AvgIpc) is 2.37. The number of carbonyl (C=O) groups is 1. The van der Waals surface area contributed by atoms with Crippen molar-refractivity contribution >= 4 is 37.4 Å². The molecule has 0 fully saturated rings. The Labute approximate surface area is 128 Å². The molecule has 0 aromatic heterocycles. The number of benzene rings is 1. The van der Waals surface area contributed by atoms with Gasteiger partial charge in [0.15, 0.2) is 9.84 Å². The molecule has 112 valence electrons. The van der Waals surface area contributed by atoms with E-state index in [4.69, 9.17) is 5.73 Å². The molecule has 0 radical (unpaired) electrons. The summed E-state index contributed by atoms with van der Waals surface area (Å²) >= 11 is 3.20. The van der Waals surface area contributed by atoms with Crippen LogP contribution in [-0.2, 0) is 14.6 Å². The maximum absolute atomic E-state index is 12.4. The second-order valence-corrected chi connectivity index (χ2v) is 8.16. The van der Waals surface area contributed by atoms with Crippen LogP contribution < -0.4 is 11.1 Å². The standard InChI is InChI=1S/C13H19BrN2O3S/c1-8(2)7-16-13(17)9(3)20(18,19)12-6-10(14)4-5-11(12)15/h4-6,8-9H,7,15H2,1-3H3,(H,16,17). The third kappa shape index (κ3) is 3.96. The summed E-state index contributed by atoms with van der Waals surface area (Å²) in [6.07, 6.45) is 0. The van der Waals surface area contributed by atoms with Gasteiger partial charge in [-0.25, -0.2) is 8.42 Å². The molecule has 0 aliphatic rings. The van der Waals surface area contributed by atoms with Crippen molar-refractivity contribution in [1.29, 1.82) is 0 Å². The molecule has 1 aromatic carbocycles. The minimum Gasteiger partial charge on any atom is -0.398 e. The number of rotatable bonds is 5. The highest BCUT2D eigenvalue weighted by Gasteiger charge is 2.31. The fourth-order valence-corrected chi connectivity index (χ4v) is 3.48. The van der Waals surface area contributed by atoms with Gasteiger partial charge in [0.2, 0.25) is 5.91 Å². The molecular weight excluding hydrogens is 344 g/mol. The van der Waals surface area contributed by atoms with Crippen molar-refractivity contribution in [2.45, 2.75) is 30.9 Å². The van der Waals surface area contributed by atoms with E-state index >= 15 is 0 Å². The molecule has 1 atom stereocenters. The SMILES string of the molecule is CC(C)CNC(=O)C(C)S(=O)(=O)c1cc(Br)ccc1N. The number of nitrogen functional groups attached to an aromatic ring is 1. The minimum atomic E-state index is -3.81. The summed E-state index contributed by atoms with van der Waals surface area (Å²) in [5.74, 6) is -0.261. The monoisotopic (exact) mass is 362 g/mol. The van der Waals surface area contributed by atoms with E-state index in [2.05, 4.69) is 21.2 Å². The van der Waals surface area contributed by atoms with Crippen molar-refractivity contribution in [1.82, 2.24) is 5.32 Å². The van der Waals surface area contributed by atoms with E-state index in [1.54, 1.807) is 6.07 Å². The predicted molar refractivity (Wildman–Crippen MR) is 83.0 cm³/mol. The smallest absolute Gasteiger partial charge is 0.238 e. The molecule has 0 bridgehead atoms. The lowest BCUT2D eigenvalue weighted by atomic mass is 10.2. The summed E-state index contributed by atoms with van der Waals surface area (Å²) in [5, 5.41) is 1.44. The predicted octanol–water partition coefficient (Wildman–Crippen LogP) is 1.97. The largest absolute Gasteiger partial charge is 0.398 e. The van der Waals surface area contributed by atoms with Gasteiger partial charge in [0, 0.05) is 11.0 Å². The number of hydrogen-bond acceptors (Lipinski definition) is 4. The van der Waals surface area contributed by atoms with Crippen molar-refractivity contribution in [3.63, 3.8) is 0 Å². The van der Waals surface area contributed by atoms with Gasteiger partial charge >= 0.3 is 0 Å². The van der Waals surface area contributed by atoms with Gasteiger partial charge in [0.1, 0.15) is 5.25 Å². The summed E-state index contributed by atoms with van der Waals surface area (Å²) in [7, 11) is -3.81. The number of sulfone groups is 1. The molecule has 0 aliphatic heterocycles. The number of nitrogens with one attached hydrogen (secondary N) is 1. The van der Waals surface area contributed by atoms with E-state index in [9.17, 15) is 13.2 Å². The van der Waals surface area contributed by atoms with Gasteiger partial charge in [-0.15, -0.1) is 0 Å². The number of anilines is 1. The van der Waals surface area contributed by atoms with E-state index in [1.165, 1.54) is 19.1 Å². The fraction of sp³-hybridized carbons (Fsp3) is 0.462. The maximum atomic E-state index is 12.4. The summed E-state index contributed by atoms with van der Waals surface area (Å²) in [6.45, 7) is 5.68. The molecule has 0 aliphatic carbocycles. The molecule has 0 heterocycles. The van der Waals surface area contributed by atoms with Crippen molar-refractivity contribution in [2.24, 2.45) is 5.92 Å². The van der Waals surface area contributed by atoms with Crippen LogP contribution in [-0.4, -0.2) is 26.1 Å². The summed E-state index contributed by atoms with van der Waals surface area (Å²) < 4.78 is 25.5. The molecular formula is C13H19BrN2O3S. The summed E-state index contributed by atoms with van der Waals surface area (Å²) in [6, 6.07) is 4.56. The normalized spacial score (nSPS) is 13.2. The molecule has 0 spiro atoms. The van der Waals surface area contributed by atoms with Crippen LogP contribution in [0.4, 0.5) is 5.69 Å². The van der Waals surface area contributed by atoms with Gasteiger partial charge < -0.3 is 11.1 Å². The highest BCUT2D eigenvalue weighted by molar-refractivity contribution is 9.10. The number of halogens is 1. The van der Waals surface area contributed by atoms with Crippen LogP contribution in [0.1, 0.15) is 20.8 Å². The number of hydrogen-bond donors (Lipinski definition) is 2. The Balaban J connectivity index is 3.04. The first-order valence-corrected chi connectivity index (χ1v) is 8.56. The van der Waals surface area contributed by atoms with Gasteiger partial charge in [-0.2, -0.15) is 0 Å². The molecule has 1 rings (SSSR count). The van der Waals surface area contributed by atoms with Crippen LogP contribution in [0.2, 0.25) is 0 Å². The van der Waals surface area contributed by atoms with Crippen LogP contribution in [0.5, 0.6) is 0 Å². The fourth-order valence-electron chi connectivity index (χ4n) is 1.53. The highest BCUT2D eigenvalue weighted by atomic mass is 79.9. The van der Waals surface area contributed by atoms with Crippen molar-refractivity contribution < 1.29 is 13.2 Å². The number of carbonyl (C=O) groups excluding carboxylic acids is 1. The van der Waals surface area contributed by atoms with Crippen LogP contribution >= 0.6 is 15.9 Å². The molecule has 0 saturated carbocycles. The van der Waals surface area contributed by atoms with E-state index in [-0.39, 0.29) is 16.5 Å². The first kappa shape index (κ1) is 17.0. The van der Waals surface area contributed by atoms with E-state index in [0.29, 0.717) is 11.0 Å². The number of amides is 1. The Kier molecular flexibility index (Phi) is 5.59. The topological polar surface area (TPSA) is 89.3 Å². The van der Waals surface area contributed by atoms with Crippen molar-refractivity contribution in [3.8, 4) is 0 Å². The summed E-state index contributed by atoms with van der Waals surface area (Å²) in [4.78, 5) is 11.9. The molecule has 3 N–H and O–H groups in total. The van der Waals surface area contributed by atoms with E-state index in [1.807, 2.05) is 13.8 Å². The lowest BCUT2D eigenvalue weighted by molar-refractivity contribution is -0.120. The van der Waals surface area contributed by atoms with Gasteiger partial charge in [0.05, 0.1) is 10.6 Å². The Bertz CT molecular complexity index is 600. The first-order chi connectivity index (χ1) is 9.16. The Morgan fingerprint density at radius 2 is 1.95 bits per heavy atom. The van der Waals surface area contributed by atoms with Crippen LogP contribution in [0.25, 0.3) is 0 Å². The molecule has 5 nitrogen and oxygen atoms in total. The zero-order chi connectivity index (χ0) is 15.5. The minimum absolute atomic E-state index is 0.0286. The van der Waals surface area contributed by atoms with Gasteiger partial charge in [-0.05, 0) is 31.0 Å². The van der Waals surface area contributed by atoms with Crippen LogP contribution in [0.3, 0.4) is 0 Å². The van der Waals surface area contributed by atoms with Gasteiger partial charge in [0.25, 0.3) is 0 Å². The molecule has 1 amide bonds. The highest BCUT2D eigenvalue weighted by Crippen LogP contribution is 2.26. The zero-order valence-electron chi connectivity index (χ0n) is 11.7. The van der Waals surface area contributed by atoms with Crippen LogP contribution in [0, 0.1) is 5.92 Å². The summed E-state index contributed by atoms with van der Waals surface area (Å²) in [5.41, 5.74) is 5.84. The van der Waals surface area contributed by atoms with Gasteiger partial charge in [-0.3, -0.25) is 4.79 Å². The third-order valence-corrected chi connectivity index (χ3v) is 5.41. The second kappa shape index (κ2) is 6.58.